The minimum absolute atomic E-state index is 0.0621. The molecule has 0 aliphatic carbocycles. The summed E-state index contributed by atoms with van der Waals surface area (Å²) in [5.41, 5.74) is 1.12. The zero-order valence-corrected chi connectivity index (χ0v) is 20.2. The monoisotopic (exact) mass is 470 g/mol. The number of amides is 2. The van der Waals surface area contributed by atoms with Crippen molar-refractivity contribution < 1.29 is 24.2 Å². The normalized spacial score (nSPS) is 25.2. The van der Waals surface area contributed by atoms with E-state index in [0.717, 1.165) is 37.7 Å². The molecule has 0 bridgehead atoms. The highest BCUT2D eigenvalue weighted by atomic mass is 16.5. The van der Waals surface area contributed by atoms with Crippen LogP contribution in [0.2, 0.25) is 0 Å². The van der Waals surface area contributed by atoms with Crippen molar-refractivity contribution in [2.75, 3.05) is 19.8 Å². The first-order valence-electron chi connectivity index (χ1n) is 12.5. The predicted molar refractivity (Wildman–Crippen MR) is 130 cm³/mol. The Morgan fingerprint density at radius 3 is 2.71 bits per heavy atom. The van der Waals surface area contributed by atoms with E-state index in [9.17, 15) is 19.5 Å². The fourth-order valence-corrected chi connectivity index (χ4v) is 4.77. The van der Waals surface area contributed by atoms with Crippen LogP contribution in [0.3, 0.4) is 0 Å². The van der Waals surface area contributed by atoms with Crippen LogP contribution in [-0.2, 0) is 25.5 Å². The Hall–Kier alpha value is -2.67. The number of hydrogen-bond donors (Lipinski definition) is 2. The van der Waals surface area contributed by atoms with E-state index < -0.39 is 5.92 Å². The Labute approximate surface area is 202 Å². The van der Waals surface area contributed by atoms with Crippen molar-refractivity contribution in [3.8, 4) is 0 Å². The highest BCUT2D eigenvalue weighted by Crippen LogP contribution is 2.25. The maximum Gasteiger partial charge on any atom is 0.309 e. The summed E-state index contributed by atoms with van der Waals surface area (Å²) in [5, 5.41) is 11.9. The lowest BCUT2D eigenvalue weighted by molar-refractivity contribution is -0.152. The van der Waals surface area contributed by atoms with Gasteiger partial charge in [-0.15, -0.1) is 0 Å². The average molecular weight is 471 g/mol. The molecular weight excluding hydrogens is 432 g/mol. The lowest BCUT2D eigenvalue weighted by atomic mass is 9.93. The quantitative estimate of drug-likeness (QED) is 0.492. The number of esters is 1. The fraction of sp³-hybridized carbons (Fsp3) is 0.593. The van der Waals surface area contributed by atoms with Gasteiger partial charge >= 0.3 is 5.97 Å². The largest absolute Gasteiger partial charge is 0.463 e. The van der Waals surface area contributed by atoms with Gasteiger partial charge in [0, 0.05) is 19.0 Å². The topological polar surface area (TPSA) is 95.9 Å². The molecule has 2 aliphatic rings. The third-order valence-corrected chi connectivity index (χ3v) is 6.71. The molecule has 0 aromatic heterocycles. The molecule has 0 radical (unpaired) electrons. The summed E-state index contributed by atoms with van der Waals surface area (Å²) in [7, 11) is 0. The molecule has 186 valence electrons. The van der Waals surface area contributed by atoms with Gasteiger partial charge < -0.3 is 20.1 Å². The van der Waals surface area contributed by atoms with Crippen LogP contribution in [-0.4, -0.2) is 59.6 Å². The predicted octanol–water partition coefficient (Wildman–Crippen LogP) is 3.01. The van der Waals surface area contributed by atoms with Crippen LogP contribution < -0.4 is 5.32 Å². The van der Waals surface area contributed by atoms with Crippen LogP contribution in [0.25, 0.3) is 0 Å². The van der Waals surface area contributed by atoms with Crippen LogP contribution in [0, 0.1) is 11.8 Å². The van der Waals surface area contributed by atoms with Gasteiger partial charge in [0.25, 0.3) is 0 Å². The molecule has 7 nitrogen and oxygen atoms in total. The number of carbonyl (C=O) groups excluding carboxylic acids is 3. The molecule has 3 rings (SSSR count). The summed E-state index contributed by atoms with van der Waals surface area (Å²) in [6.45, 7) is 2.40. The van der Waals surface area contributed by atoms with E-state index in [4.69, 9.17) is 4.74 Å². The smallest absolute Gasteiger partial charge is 0.309 e. The van der Waals surface area contributed by atoms with Crippen LogP contribution in [0.4, 0.5) is 0 Å². The zero-order chi connectivity index (χ0) is 24.3. The molecule has 0 saturated carbocycles. The van der Waals surface area contributed by atoms with Crippen LogP contribution in [0.1, 0.15) is 57.4 Å². The van der Waals surface area contributed by atoms with E-state index in [2.05, 4.69) is 5.32 Å². The van der Waals surface area contributed by atoms with Gasteiger partial charge in [-0.3, -0.25) is 14.4 Å². The van der Waals surface area contributed by atoms with Gasteiger partial charge in [-0.25, -0.2) is 0 Å². The first-order valence-corrected chi connectivity index (χ1v) is 12.5. The molecule has 1 aromatic carbocycles. The van der Waals surface area contributed by atoms with Gasteiger partial charge in [0.2, 0.25) is 11.8 Å². The number of hydrogen-bond acceptors (Lipinski definition) is 5. The van der Waals surface area contributed by atoms with Gasteiger partial charge in [0.15, 0.2) is 0 Å². The van der Waals surface area contributed by atoms with E-state index in [0.29, 0.717) is 19.4 Å². The number of fused-ring (bicyclic) bond motifs is 1. The van der Waals surface area contributed by atoms with Gasteiger partial charge in [-0.1, -0.05) is 42.5 Å². The van der Waals surface area contributed by atoms with Crippen molar-refractivity contribution >= 4 is 17.8 Å². The number of allylic oxidation sites excluding steroid dienone is 2. The second-order valence-corrected chi connectivity index (χ2v) is 9.53. The van der Waals surface area contributed by atoms with Gasteiger partial charge in [-0.05, 0) is 57.4 Å². The second kappa shape index (κ2) is 13.3. The summed E-state index contributed by atoms with van der Waals surface area (Å²) in [4.78, 5) is 40.6. The Morgan fingerprint density at radius 1 is 1.15 bits per heavy atom. The number of aliphatic hydroxyl groups excluding tert-OH is 1. The van der Waals surface area contributed by atoms with E-state index >= 15 is 0 Å². The molecule has 1 aromatic rings. The van der Waals surface area contributed by atoms with Crippen molar-refractivity contribution in [1.29, 1.82) is 0 Å². The van der Waals surface area contributed by atoms with Crippen molar-refractivity contribution in [2.24, 2.45) is 11.8 Å². The number of nitrogens with one attached hydrogen (secondary N) is 1. The number of ether oxygens (including phenoxy) is 1. The molecule has 2 heterocycles. The highest BCUT2D eigenvalue weighted by molar-refractivity contribution is 5.86. The molecule has 2 aliphatic heterocycles. The number of benzene rings is 1. The van der Waals surface area contributed by atoms with Gasteiger partial charge in [0.05, 0.1) is 24.5 Å². The van der Waals surface area contributed by atoms with E-state index in [1.54, 1.807) is 11.8 Å². The van der Waals surface area contributed by atoms with E-state index in [1.165, 1.54) is 0 Å². The van der Waals surface area contributed by atoms with Crippen molar-refractivity contribution in [1.82, 2.24) is 10.2 Å². The molecular formula is C27H38N2O5. The summed E-state index contributed by atoms with van der Waals surface area (Å²) < 4.78 is 5.76. The van der Waals surface area contributed by atoms with Crippen LogP contribution >= 0.6 is 0 Å². The van der Waals surface area contributed by atoms with Crippen LogP contribution in [0.5, 0.6) is 0 Å². The number of cyclic esters (lactones) is 1. The SMILES string of the molecule is C[C@@H](CO)NC(=O)C[C@H]1CC=CCCC[C@H](Cc2ccccc2)C(=O)OC[C@@H]2CCCN2C1=O. The highest BCUT2D eigenvalue weighted by Gasteiger charge is 2.35. The molecule has 1 fully saturated rings. The molecule has 1 saturated heterocycles. The Kier molecular flexibility index (Phi) is 10.1. The molecule has 2 N–H and O–H groups in total. The Bertz CT molecular complexity index is 841. The number of carbonyl (C=O) groups is 3. The standard InChI is InChI=1S/C27H38N2O5/c1-20(18-30)28-25(31)17-22-12-7-2-3-8-13-23(16-21-10-5-4-6-11-21)27(33)34-19-24-14-9-15-29(24)26(22)32/h2,4-7,10-11,20,22-24,30H,3,8-9,12-19H2,1H3,(H,28,31)/t20-,22+,23+,24-/m0/s1. The molecule has 0 spiro atoms. The average Bonchev–Trinajstić information content (AvgIpc) is 3.31. The minimum atomic E-state index is -0.466. The van der Waals surface area contributed by atoms with Crippen molar-refractivity contribution in [3.63, 3.8) is 0 Å². The van der Waals surface area contributed by atoms with E-state index in [1.807, 2.05) is 42.5 Å². The fourth-order valence-electron chi connectivity index (χ4n) is 4.77. The lowest BCUT2D eigenvalue weighted by Gasteiger charge is -2.29. The third-order valence-electron chi connectivity index (χ3n) is 6.71. The lowest BCUT2D eigenvalue weighted by Crippen LogP contribution is -2.44. The third kappa shape index (κ3) is 7.69. The molecule has 0 unspecified atom stereocenters. The summed E-state index contributed by atoms with van der Waals surface area (Å²) in [5.74, 6) is -1.16. The Morgan fingerprint density at radius 2 is 1.94 bits per heavy atom. The molecule has 7 heteroatoms. The summed E-state index contributed by atoms with van der Waals surface area (Å²) in [6.07, 6.45) is 9.32. The molecule has 4 atom stereocenters. The molecule has 34 heavy (non-hydrogen) atoms. The van der Waals surface area contributed by atoms with Crippen molar-refractivity contribution in [3.05, 3.63) is 48.0 Å². The number of nitrogens with zero attached hydrogens (tertiary/aromatic N) is 1. The van der Waals surface area contributed by atoms with Crippen molar-refractivity contribution in [2.45, 2.75) is 70.4 Å². The first kappa shape index (κ1) is 25.9. The minimum Gasteiger partial charge on any atom is -0.463 e. The van der Waals surface area contributed by atoms with Gasteiger partial charge in [0.1, 0.15) is 6.61 Å². The first-order chi connectivity index (χ1) is 16.5. The molecule has 2 amide bonds. The maximum atomic E-state index is 13.4. The summed E-state index contributed by atoms with van der Waals surface area (Å²) >= 11 is 0. The number of aliphatic hydroxyl groups is 1. The van der Waals surface area contributed by atoms with Crippen LogP contribution in [0.15, 0.2) is 42.5 Å². The second-order valence-electron chi connectivity index (χ2n) is 9.53. The zero-order valence-electron chi connectivity index (χ0n) is 20.2. The summed E-state index contributed by atoms with van der Waals surface area (Å²) in [6, 6.07) is 9.50. The maximum absolute atomic E-state index is 13.4. The Balaban J connectivity index is 1.71. The van der Waals surface area contributed by atoms with Gasteiger partial charge in [-0.2, -0.15) is 0 Å². The van der Waals surface area contributed by atoms with E-state index in [-0.39, 0.29) is 55.4 Å². The number of rotatable bonds is 6.